The van der Waals surface area contributed by atoms with Crippen molar-refractivity contribution in [3.63, 3.8) is 0 Å². The van der Waals surface area contributed by atoms with Crippen LogP contribution in [0.5, 0.6) is 0 Å². The fourth-order valence-electron chi connectivity index (χ4n) is 0.931. The zero-order valence-electron chi connectivity index (χ0n) is 9.88. The lowest BCUT2D eigenvalue weighted by atomic mass is 10.2. The van der Waals surface area contributed by atoms with Gasteiger partial charge in [-0.2, -0.15) is 5.10 Å². The van der Waals surface area contributed by atoms with E-state index in [9.17, 15) is 9.59 Å². The smallest absolute Gasteiger partial charge is 0.329 e. The summed E-state index contributed by atoms with van der Waals surface area (Å²) in [5.41, 5.74) is 3.01. The highest BCUT2D eigenvalue weighted by Gasteiger charge is 2.10. The van der Waals surface area contributed by atoms with E-state index in [0.29, 0.717) is 0 Å². The first-order valence-electron chi connectivity index (χ1n) is 5.34. The van der Waals surface area contributed by atoms with Gasteiger partial charge in [0.15, 0.2) is 0 Å². The molecule has 0 aliphatic carbocycles. The maximum Gasteiger partial charge on any atom is 0.329 e. The summed E-state index contributed by atoms with van der Waals surface area (Å²) in [7, 11) is 0. The molecular formula is C11H19N3O2. The van der Waals surface area contributed by atoms with Gasteiger partial charge in [-0.1, -0.05) is 19.4 Å². The number of carbonyl (C=O) groups is 2. The van der Waals surface area contributed by atoms with E-state index in [1.54, 1.807) is 0 Å². The number of unbranched alkanes of at least 4 members (excludes halogenated alkanes) is 1. The van der Waals surface area contributed by atoms with Crippen molar-refractivity contribution in [2.24, 2.45) is 5.10 Å². The summed E-state index contributed by atoms with van der Waals surface area (Å²) in [6.07, 6.45) is 4.42. The predicted octanol–water partition coefficient (Wildman–Crippen LogP) is 0.971. The van der Waals surface area contributed by atoms with Gasteiger partial charge >= 0.3 is 11.8 Å². The van der Waals surface area contributed by atoms with Crippen molar-refractivity contribution < 1.29 is 9.59 Å². The molecule has 0 aromatic heterocycles. The number of amides is 2. The van der Waals surface area contributed by atoms with Crippen LogP contribution in [0.25, 0.3) is 0 Å². The summed E-state index contributed by atoms with van der Waals surface area (Å²) in [4.78, 5) is 22.3. The quantitative estimate of drug-likeness (QED) is 0.306. The van der Waals surface area contributed by atoms with Crippen molar-refractivity contribution in [1.29, 1.82) is 0 Å². The van der Waals surface area contributed by atoms with Gasteiger partial charge in [0.2, 0.25) is 0 Å². The number of carbonyl (C=O) groups excluding carboxylic acids is 2. The number of nitrogens with zero attached hydrogens (tertiary/aromatic N) is 1. The second kappa shape index (κ2) is 8.64. The second-order valence-corrected chi connectivity index (χ2v) is 3.39. The molecule has 0 unspecified atom stereocenters. The fraction of sp³-hybridized carbons (Fsp3) is 0.545. The molecule has 16 heavy (non-hydrogen) atoms. The van der Waals surface area contributed by atoms with Crippen molar-refractivity contribution in [2.75, 3.05) is 6.54 Å². The number of hydrazone groups is 1. The summed E-state index contributed by atoms with van der Waals surface area (Å²) in [6, 6.07) is 0. The van der Waals surface area contributed by atoms with Crippen molar-refractivity contribution in [2.45, 2.75) is 33.1 Å². The molecule has 5 heteroatoms. The van der Waals surface area contributed by atoms with Crippen LogP contribution in [0.3, 0.4) is 0 Å². The third-order valence-corrected chi connectivity index (χ3v) is 1.85. The Morgan fingerprint density at radius 2 is 2.06 bits per heavy atom. The van der Waals surface area contributed by atoms with E-state index in [-0.39, 0.29) is 6.54 Å². The SMILES string of the molecule is C=CCNC(=O)C(=O)N/N=C(/C)CCCC. The third kappa shape index (κ3) is 6.75. The van der Waals surface area contributed by atoms with Crippen LogP contribution in [0.15, 0.2) is 17.8 Å². The van der Waals surface area contributed by atoms with Crippen LogP contribution in [0.2, 0.25) is 0 Å². The molecule has 0 aromatic carbocycles. The molecule has 0 aliphatic rings. The first kappa shape index (κ1) is 14.3. The lowest BCUT2D eigenvalue weighted by molar-refractivity contribution is -0.139. The number of hydrogen-bond acceptors (Lipinski definition) is 3. The van der Waals surface area contributed by atoms with E-state index in [2.05, 4.69) is 29.3 Å². The van der Waals surface area contributed by atoms with Crippen LogP contribution in [0, 0.1) is 0 Å². The van der Waals surface area contributed by atoms with Gasteiger partial charge in [0.05, 0.1) is 0 Å². The molecule has 2 amide bonds. The van der Waals surface area contributed by atoms with Gasteiger partial charge in [0.1, 0.15) is 0 Å². The van der Waals surface area contributed by atoms with Crippen LogP contribution in [0.1, 0.15) is 33.1 Å². The standard InChI is InChI=1S/C11H19N3O2/c1-4-6-7-9(3)13-14-11(16)10(15)12-8-5-2/h5H,2,4,6-8H2,1,3H3,(H,12,15)(H,14,16)/b13-9-. The molecule has 0 aliphatic heterocycles. The Morgan fingerprint density at radius 1 is 1.38 bits per heavy atom. The van der Waals surface area contributed by atoms with Crippen LogP contribution >= 0.6 is 0 Å². The van der Waals surface area contributed by atoms with E-state index in [0.717, 1.165) is 25.0 Å². The average Bonchev–Trinajstić information content (AvgIpc) is 2.30. The minimum Gasteiger partial charge on any atom is -0.344 e. The highest BCUT2D eigenvalue weighted by atomic mass is 16.2. The average molecular weight is 225 g/mol. The molecule has 90 valence electrons. The van der Waals surface area contributed by atoms with Gasteiger partial charge < -0.3 is 5.32 Å². The van der Waals surface area contributed by atoms with Crippen LogP contribution in [0.4, 0.5) is 0 Å². The highest BCUT2D eigenvalue weighted by molar-refractivity contribution is 6.35. The molecule has 0 saturated carbocycles. The Balaban J connectivity index is 3.94. The predicted molar refractivity (Wildman–Crippen MR) is 64.0 cm³/mol. The lowest BCUT2D eigenvalue weighted by Crippen LogP contribution is -2.38. The number of nitrogens with one attached hydrogen (secondary N) is 2. The fourth-order valence-corrected chi connectivity index (χ4v) is 0.931. The van der Waals surface area contributed by atoms with Gasteiger partial charge in [0, 0.05) is 12.3 Å². The van der Waals surface area contributed by atoms with Crippen molar-refractivity contribution in [3.8, 4) is 0 Å². The summed E-state index contributed by atoms with van der Waals surface area (Å²) < 4.78 is 0. The van der Waals surface area contributed by atoms with Crippen molar-refractivity contribution >= 4 is 17.5 Å². The van der Waals surface area contributed by atoms with Crippen molar-refractivity contribution in [1.82, 2.24) is 10.7 Å². The van der Waals surface area contributed by atoms with E-state index in [1.165, 1.54) is 6.08 Å². The van der Waals surface area contributed by atoms with E-state index < -0.39 is 11.8 Å². The van der Waals surface area contributed by atoms with Crippen LogP contribution in [-0.4, -0.2) is 24.1 Å². The van der Waals surface area contributed by atoms with Gasteiger partial charge in [-0.3, -0.25) is 9.59 Å². The largest absolute Gasteiger partial charge is 0.344 e. The summed E-state index contributed by atoms with van der Waals surface area (Å²) >= 11 is 0. The Labute approximate surface area is 96.0 Å². The minimum atomic E-state index is -0.752. The zero-order chi connectivity index (χ0) is 12.4. The Kier molecular flexibility index (Phi) is 7.75. The maximum atomic E-state index is 11.2. The van der Waals surface area contributed by atoms with Crippen LogP contribution in [-0.2, 0) is 9.59 Å². The Morgan fingerprint density at radius 3 is 2.62 bits per heavy atom. The maximum absolute atomic E-state index is 11.2. The first-order valence-corrected chi connectivity index (χ1v) is 5.34. The molecule has 0 bridgehead atoms. The van der Waals surface area contributed by atoms with Gasteiger partial charge in [0.25, 0.3) is 0 Å². The molecule has 2 N–H and O–H groups in total. The van der Waals surface area contributed by atoms with Crippen molar-refractivity contribution in [3.05, 3.63) is 12.7 Å². The summed E-state index contributed by atoms with van der Waals surface area (Å²) in [5, 5.41) is 6.18. The second-order valence-electron chi connectivity index (χ2n) is 3.39. The van der Waals surface area contributed by atoms with Gasteiger partial charge in [-0.25, -0.2) is 5.43 Å². The molecule has 0 saturated heterocycles. The summed E-state index contributed by atoms with van der Waals surface area (Å²) in [5.74, 6) is -1.45. The molecular weight excluding hydrogens is 206 g/mol. The normalized spacial score (nSPS) is 10.8. The summed E-state index contributed by atoms with van der Waals surface area (Å²) in [6.45, 7) is 7.59. The monoisotopic (exact) mass is 225 g/mol. The lowest BCUT2D eigenvalue weighted by Gasteiger charge is -2.02. The van der Waals surface area contributed by atoms with Gasteiger partial charge in [-0.15, -0.1) is 6.58 Å². The number of hydrogen-bond donors (Lipinski definition) is 2. The molecule has 0 radical (unpaired) electrons. The molecule has 0 rings (SSSR count). The first-order chi connectivity index (χ1) is 7.61. The Hall–Kier alpha value is -1.65. The molecule has 0 fully saturated rings. The van der Waals surface area contributed by atoms with E-state index in [1.807, 2.05) is 6.92 Å². The topological polar surface area (TPSA) is 70.6 Å². The minimum absolute atomic E-state index is 0.269. The Bertz CT molecular complexity index is 285. The molecule has 5 nitrogen and oxygen atoms in total. The van der Waals surface area contributed by atoms with E-state index in [4.69, 9.17) is 0 Å². The molecule has 0 atom stereocenters. The number of rotatable bonds is 6. The third-order valence-electron chi connectivity index (χ3n) is 1.85. The highest BCUT2D eigenvalue weighted by Crippen LogP contribution is 1.95. The van der Waals surface area contributed by atoms with Gasteiger partial charge in [-0.05, 0) is 19.8 Å². The molecule has 0 aromatic rings. The molecule has 0 spiro atoms. The van der Waals surface area contributed by atoms with Crippen LogP contribution < -0.4 is 10.7 Å². The molecule has 0 heterocycles. The van der Waals surface area contributed by atoms with E-state index >= 15 is 0 Å². The zero-order valence-corrected chi connectivity index (χ0v) is 9.88.